The fraction of sp³-hybridized carbons (Fsp3) is 0.263. The molecule has 1 unspecified atom stereocenters. The normalized spacial score (nSPS) is 16.3. The van der Waals surface area contributed by atoms with E-state index in [4.69, 9.17) is 0 Å². The van der Waals surface area contributed by atoms with Gasteiger partial charge in [-0.1, -0.05) is 23.8 Å². The maximum atomic E-state index is 12.4. The Bertz CT molecular complexity index is 817. The van der Waals surface area contributed by atoms with E-state index in [0.29, 0.717) is 17.8 Å². The van der Waals surface area contributed by atoms with Gasteiger partial charge in [-0.05, 0) is 50.1 Å². The molecule has 2 aromatic carbocycles. The van der Waals surface area contributed by atoms with Crippen LogP contribution in [-0.4, -0.2) is 17.1 Å². The third kappa shape index (κ3) is 3.46. The number of rotatable bonds is 3. The third-order valence-corrected chi connectivity index (χ3v) is 5.29. The van der Waals surface area contributed by atoms with Crippen molar-refractivity contribution in [2.75, 3.05) is 5.32 Å². The van der Waals surface area contributed by atoms with Gasteiger partial charge < -0.3 is 10.6 Å². The molecule has 0 aliphatic carbocycles. The van der Waals surface area contributed by atoms with Crippen molar-refractivity contribution in [1.29, 1.82) is 0 Å². The molecule has 1 aliphatic heterocycles. The maximum Gasteiger partial charge on any atom is 0.251 e. The van der Waals surface area contributed by atoms with Crippen LogP contribution in [0.5, 0.6) is 0 Å². The molecule has 0 radical (unpaired) electrons. The first-order valence-corrected chi connectivity index (χ1v) is 8.78. The van der Waals surface area contributed by atoms with Crippen LogP contribution in [0.4, 0.5) is 5.69 Å². The van der Waals surface area contributed by atoms with Crippen molar-refractivity contribution in [3.8, 4) is 0 Å². The van der Waals surface area contributed by atoms with Gasteiger partial charge in [0.15, 0.2) is 0 Å². The molecule has 24 heavy (non-hydrogen) atoms. The van der Waals surface area contributed by atoms with Crippen molar-refractivity contribution in [1.82, 2.24) is 5.32 Å². The lowest BCUT2D eigenvalue weighted by atomic mass is 10.1. The fourth-order valence-electron chi connectivity index (χ4n) is 2.67. The van der Waals surface area contributed by atoms with E-state index in [0.717, 1.165) is 10.5 Å². The number of hydrogen-bond donors (Lipinski definition) is 2. The zero-order chi connectivity index (χ0) is 17.3. The van der Waals surface area contributed by atoms with Crippen LogP contribution >= 0.6 is 11.8 Å². The Morgan fingerprint density at radius 3 is 2.75 bits per heavy atom. The highest BCUT2D eigenvalue weighted by Crippen LogP contribution is 2.35. The van der Waals surface area contributed by atoms with Gasteiger partial charge in [0.05, 0.1) is 10.9 Å². The average molecular weight is 340 g/mol. The van der Waals surface area contributed by atoms with Crippen LogP contribution < -0.4 is 10.6 Å². The molecule has 5 heteroatoms. The summed E-state index contributed by atoms with van der Waals surface area (Å²) in [5.41, 5.74) is 4.74. The number of carbonyl (C=O) groups is 2. The molecule has 0 aromatic heterocycles. The maximum absolute atomic E-state index is 12.4. The molecule has 2 amide bonds. The molecule has 1 aliphatic rings. The molecule has 124 valence electrons. The Labute approximate surface area is 146 Å². The molecular formula is C19H20N2O2S. The highest BCUT2D eigenvalue weighted by molar-refractivity contribution is 8.00. The van der Waals surface area contributed by atoms with E-state index in [2.05, 4.69) is 23.6 Å². The van der Waals surface area contributed by atoms with E-state index in [9.17, 15) is 9.59 Å². The number of aryl methyl sites for hydroxylation is 2. The number of carbonyl (C=O) groups excluding carboxylic acids is 2. The van der Waals surface area contributed by atoms with Crippen molar-refractivity contribution in [2.24, 2.45) is 0 Å². The van der Waals surface area contributed by atoms with Crippen molar-refractivity contribution >= 4 is 29.3 Å². The molecule has 4 nitrogen and oxygen atoms in total. The zero-order valence-electron chi connectivity index (χ0n) is 14.0. The minimum absolute atomic E-state index is 0.0275. The van der Waals surface area contributed by atoms with Gasteiger partial charge in [-0.3, -0.25) is 9.59 Å². The second-order valence-corrected chi connectivity index (χ2v) is 7.46. The largest absolute Gasteiger partial charge is 0.348 e. The van der Waals surface area contributed by atoms with Gasteiger partial charge in [0, 0.05) is 17.0 Å². The second kappa shape index (κ2) is 6.69. The second-order valence-electron chi connectivity index (χ2n) is 6.07. The summed E-state index contributed by atoms with van der Waals surface area (Å²) >= 11 is 1.51. The van der Waals surface area contributed by atoms with Crippen molar-refractivity contribution in [2.45, 2.75) is 37.5 Å². The van der Waals surface area contributed by atoms with Crippen molar-refractivity contribution in [3.63, 3.8) is 0 Å². The van der Waals surface area contributed by atoms with E-state index in [-0.39, 0.29) is 17.1 Å². The molecule has 2 aromatic rings. The van der Waals surface area contributed by atoms with Gasteiger partial charge in [0.2, 0.25) is 5.91 Å². The highest BCUT2D eigenvalue weighted by Gasteiger charge is 2.23. The summed E-state index contributed by atoms with van der Waals surface area (Å²) in [4.78, 5) is 25.2. The molecule has 3 rings (SSSR count). The Hall–Kier alpha value is -2.27. The van der Waals surface area contributed by atoms with Gasteiger partial charge in [-0.25, -0.2) is 0 Å². The molecule has 1 heterocycles. The van der Waals surface area contributed by atoms with Crippen molar-refractivity contribution in [3.05, 3.63) is 58.7 Å². The third-order valence-electron chi connectivity index (χ3n) is 4.11. The first kappa shape index (κ1) is 16.6. The quantitative estimate of drug-likeness (QED) is 0.896. The monoisotopic (exact) mass is 340 g/mol. The summed E-state index contributed by atoms with van der Waals surface area (Å²) in [7, 11) is 0. The van der Waals surface area contributed by atoms with Crippen LogP contribution in [-0.2, 0) is 11.3 Å². The minimum atomic E-state index is -0.143. The molecule has 0 fully saturated rings. The van der Waals surface area contributed by atoms with E-state index in [1.807, 2.05) is 32.0 Å². The summed E-state index contributed by atoms with van der Waals surface area (Å²) in [6.07, 6.45) is 0. The summed E-state index contributed by atoms with van der Waals surface area (Å²) < 4.78 is 0. The molecule has 2 N–H and O–H groups in total. The van der Waals surface area contributed by atoms with Crippen LogP contribution in [0, 0.1) is 13.8 Å². The van der Waals surface area contributed by atoms with Crippen LogP contribution in [0.15, 0.2) is 41.3 Å². The molecule has 1 atom stereocenters. The Kier molecular flexibility index (Phi) is 4.62. The lowest BCUT2D eigenvalue weighted by molar-refractivity contribution is -0.115. The Morgan fingerprint density at radius 1 is 1.21 bits per heavy atom. The minimum Gasteiger partial charge on any atom is -0.348 e. The number of amides is 2. The standard InChI is InChI=1S/C19H20N2O2S/c1-11-4-5-15(12(2)8-11)10-20-19(23)14-6-7-17-16(9-14)21-18(22)13(3)24-17/h4-9,13H,10H2,1-3H3,(H,20,23)(H,21,22). The van der Waals surface area contributed by atoms with E-state index >= 15 is 0 Å². The summed E-state index contributed by atoms with van der Waals surface area (Å²) in [5.74, 6) is -0.170. The predicted octanol–water partition coefficient (Wildman–Crippen LogP) is 3.67. The first-order chi connectivity index (χ1) is 11.4. The summed E-state index contributed by atoms with van der Waals surface area (Å²) in [6.45, 7) is 6.45. The smallest absolute Gasteiger partial charge is 0.251 e. The SMILES string of the molecule is Cc1ccc(CNC(=O)c2ccc3c(c2)NC(=O)C(C)S3)c(C)c1. The van der Waals surface area contributed by atoms with Gasteiger partial charge in [0.25, 0.3) is 5.91 Å². The molecule has 0 bridgehead atoms. The number of thioether (sulfide) groups is 1. The van der Waals surface area contributed by atoms with E-state index < -0.39 is 0 Å². The van der Waals surface area contributed by atoms with Gasteiger partial charge in [0.1, 0.15) is 0 Å². The Balaban J connectivity index is 1.72. The molecule has 0 spiro atoms. The topological polar surface area (TPSA) is 58.2 Å². The molecule has 0 saturated carbocycles. The van der Waals surface area contributed by atoms with Gasteiger partial charge in [-0.2, -0.15) is 0 Å². The molecule has 0 saturated heterocycles. The lowest BCUT2D eigenvalue weighted by Crippen LogP contribution is -2.27. The summed E-state index contributed by atoms with van der Waals surface area (Å²) in [5, 5.41) is 5.69. The number of hydrogen-bond acceptors (Lipinski definition) is 3. The van der Waals surface area contributed by atoms with Crippen LogP contribution in [0.3, 0.4) is 0 Å². The van der Waals surface area contributed by atoms with Crippen LogP contribution in [0.1, 0.15) is 34.0 Å². The number of anilines is 1. The molecular weight excluding hydrogens is 320 g/mol. The lowest BCUT2D eigenvalue weighted by Gasteiger charge is -2.21. The van der Waals surface area contributed by atoms with Gasteiger partial charge in [-0.15, -0.1) is 11.8 Å². The number of benzene rings is 2. The highest BCUT2D eigenvalue weighted by atomic mass is 32.2. The predicted molar refractivity (Wildman–Crippen MR) is 97.5 cm³/mol. The zero-order valence-corrected chi connectivity index (χ0v) is 14.8. The van der Waals surface area contributed by atoms with E-state index in [1.165, 1.54) is 22.9 Å². The Morgan fingerprint density at radius 2 is 2.00 bits per heavy atom. The summed E-state index contributed by atoms with van der Waals surface area (Å²) in [6, 6.07) is 11.6. The number of fused-ring (bicyclic) bond motifs is 1. The first-order valence-electron chi connectivity index (χ1n) is 7.90. The van der Waals surface area contributed by atoms with Gasteiger partial charge >= 0.3 is 0 Å². The van der Waals surface area contributed by atoms with Crippen molar-refractivity contribution < 1.29 is 9.59 Å². The number of nitrogens with one attached hydrogen (secondary N) is 2. The van der Waals surface area contributed by atoms with Crippen LogP contribution in [0.2, 0.25) is 0 Å². The fourth-order valence-corrected chi connectivity index (χ4v) is 3.60. The van der Waals surface area contributed by atoms with E-state index in [1.54, 1.807) is 12.1 Å². The van der Waals surface area contributed by atoms with Crippen LogP contribution in [0.25, 0.3) is 0 Å². The average Bonchev–Trinajstić information content (AvgIpc) is 2.54.